The Hall–Kier alpha value is -1.81. The first kappa shape index (κ1) is 10.4. The normalized spacial score (nSPS) is 18.2. The van der Waals surface area contributed by atoms with Crippen molar-refractivity contribution in [2.45, 2.75) is 13.1 Å². The molecule has 0 spiro atoms. The second-order valence-corrected chi connectivity index (χ2v) is 4.88. The van der Waals surface area contributed by atoms with Crippen LogP contribution in [0.5, 0.6) is 0 Å². The van der Waals surface area contributed by atoms with Gasteiger partial charge in [0.05, 0.1) is 5.56 Å². The van der Waals surface area contributed by atoms with Crippen LogP contribution in [0.15, 0.2) is 35.0 Å². The van der Waals surface area contributed by atoms with E-state index < -0.39 is 0 Å². The number of rotatable bonds is 1. The van der Waals surface area contributed by atoms with E-state index in [0.29, 0.717) is 0 Å². The van der Waals surface area contributed by atoms with Crippen molar-refractivity contribution in [1.82, 2.24) is 5.32 Å². The highest BCUT2D eigenvalue weighted by Gasteiger charge is 2.25. The molecule has 1 unspecified atom stereocenters. The van der Waals surface area contributed by atoms with Crippen molar-refractivity contribution in [2.24, 2.45) is 0 Å². The van der Waals surface area contributed by atoms with E-state index in [4.69, 9.17) is 0 Å². The van der Waals surface area contributed by atoms with E-state index in [1.165, 1.54) is 0 Å². The van der Waals surface area contributed by atoms with Gasteiger partial charge in [0.2, 0.25) is 0 Å². The molecule has 1 aliphatic rings. The first-order chi connectivity index (χ1) is 8.25. The number of hydrogen-bond donors (Lipinski definition) is 2. The van der Waals surface area contributed by atoms with Gasteiger partial charge < -0.3 is 10.6 Å². The van der Waals surface area contributed by atoms with E-state index in [9.17, 15) is 4.79 Å². The minimum absolute atomic E-state index is 0.00644. The van der Waals surface area contributed by atoms with Gasteiger partial charge in [-0.05, 0) is 35.4 Å². The Bertz CT molecular complexity index is 563. The van der Waals surface area contributed by atoms with Gasteiger partial charge in [-0.1, -0.05) is 12.1 Å². The highest BCUT2D eigenvalue weighted by atomic mass is 32.1. The molecule has 17 heavy (non-hydrogen) atoms. The zero-order valence-corrected chi connectivity index (χ0v) is 10.2. The number of nitrogens with one attached hydrogen (secondary N) is 2. The predicted octanol–water partition coefficient (Wildman–Crippen LogP) is 2.91. The molecule has 0 fully saturated rings. The molecule has 1 atom stereocenters. The topological polar surface area (TPSA) is 41.1 Å². The second-order valence-electron chi connectivity index (χ2n) is 4.10. The smallest absolute Gasteiger partial charge is 0.255 e. The summed E-state index contributed by atoms with van der Waals surface area (Å²) < 4.78 is 0. The number of thiophene rings is 1. The third kappa shape index (κ3) is 1.70. The van der Waals surface area contributed by atoms with Crippen LogP contribution in [0.1, 0.15) is 27.7 Å². The number of anilines is 1. The van der Waals surface area contributed by atoms with E-state index in [1.807, 2.05) is 41.9 Å². The number of amides is 1. The van der Waals surface area contributed by atoms with Gasteiger partial charge in [-0.2, -0.15) is 11.3 Å². The lowest BCUT2D eigenvalue weighted by atomic mass is 10.0. The molecule has 2 heterocycles. The molecule has 1 aromatic carbocycles. The van der Waals surface area contributed by atoms with Crippen molar-refractivity contribution in [3.63, 3.8) is 0 Å². The van der Waals surface area contributed by atoms with E-state index in [2.05, 4.69) is 10.6 Å². The van der Waals surface area contributed by atoms with Crippen molar-refractivity contribution in [3.8, 4) is 0 Å². The Kier molecular flexibility index (Phi) is 2.37. The van der Waals surface area contributed by atoms with Gasteiger partial charge in [0.1, 0.15) is 6.17 Å². The summed E-state index contributed by atoms with van der Waals surface area (Å²) in [5.74, 6) is -0.00644. The fourth-order valence-corrected chi connectivity index (χ4v) is 2.78. The molecule has 0 bridgehead atoms. The summed E-state index contributed by atoms with van der Waals surface area (Å²) >= 11 is 1.63. The van der Waals surface area contributed by atoms with Gasteiger partial charge in [0.15, 0.2) is 0 Å². The number of carbonyl (C=O) groups is 1. The molecule has 1 amide bonds. The summed E-state index contributed by atoms with van der Waals surface area (Å²) in [7, 11) is 0. The van der Waals surface area contributed by atoms with Gasteiger partial charge in [-0.25, -0.2) is 0 Å². The van der Waals surface area contributed by atoms with Crippen LogP contribution >= 0.6 is 11.3 Å². The predicted molar refractivity (Wildman–Crippen MR) is 69.3 cm³/mol. The Morgan fingerprint density at radius 3 is 2.88 bits per heavy atom. The molecular formula is C13H12N2OS. The van der Waals surface area contributed by atoms with Gasteiger partial charge in [-0.15, -0.1) is 0 Å². The molecule has 2 aromatic rings. The monoisotopic (exact) mass is 244 g/mol. The van der Waals surface area contributed by atoms with Crippen LogP contribution in [0.2, 0.25) is 0 Å². The Morgan fingerprint density at radius 2 is 2.12 bits per heavy atom. The summed E-state index contributed by atoms with van der Waals surface area (Å²) in [4.78, 5) is 12.1. The summed E-state index contributed by atoms with van der Waals surface area (Å²) in [6.07, 6.45) is -0.122. The molecule has 0 saturated carbocycles. The second kappa shape index (κ2) is 3.89. The summed E-state index contributed by atoms with van der Waals surface area (Å²) in [5.41, 5.74) is 3.75. The van der Waals surface area contributed by atoms with Crippen molar-refractivity contribution in [1.29, 1.82) is 0 Å². The Morgan fingerprint density at radius 1 is 1.24 bits per heavy atom. The van der Waals surface area contributed by atoms with Crippen LogP contribution in [0.3, 0.4) is 0 Å². The van der Waals surface area contributed by atoms with E-state index in [0.717, 1.165) is 22.4 Å². The maximum Gasteiger partial charge on any atom is 0.255 e. The van der Waals surface area contributed by atoms with Crippen molar-refractivity contribution in [2.75, 3.05) is 5.32 Å². The molecule has 0 aliphatic carbocycles. The average molecular weight is 244 g/mol. The fraction of sp³-hybridized carbons (Fsp3) is 0.154. The Balaban J connectivity index is 2.02. The third-order valence-electron chi connectivity index (χ3n) is 2.95. The zero-order chi connectivity index (χ0) is 11.8. The molecule has 0 radical (unpaired) electrons. The third-order valence-corrected chi connectivity index (χ3v) is 3.65. The number of benzene rings is 1. The number of carbonyl (C=O) groups excluding carboxylic acids is 1. The quantitative estimate of drug-likeness (QED) is 0.809. The molecular weight excluding hydrogens is 232 g/mol. The minimum atomic E-state index is -0.122. The molecule has 86 valence electrons. The van der Waals surface area contributed by atoms with Crippen molar-refractivity contribution < 1.29 is 4.79 Å². The van der Waals surface area contributed by atoms with E-state index in [-0.39, 0.29) is 12.1 Å². The van der Waals surface area contributed by atoms with Crippen molar-refractivity contribution in [3.05, 3.63) is 51.7 Å². The highest BCUT2D eigenvalue weighted by molar-refractivity contribution is 7.08. The van der Waals surface area contributed by atoms with E-state index >= 15 is 0 Å². The van der Waals surface area contributed by atoms with E-state index in [1.54, 1.807) is 11.3 Å². The molecule has 3 rings (SSSR count). The summed E-state index contributed by atoms with van der Waals surface area (Å²) in [6, 6.07) is 7.87. The van der Waals surface area contributed by atoms with Gasteiger partial charge in [-0.3, -0.25) is 4.79 Å². The van der Waals surface area contributed by atoms with Crippen LogP contribution in [0, 0.1) is 6.92 Å². The minimum Gasteiger partial charge on any atom is -0.361 e. The van der Waals surface area contributed by atoms with Crippen LogP contribution in [-0.4, -0.2) is 5.91 Å². The number of aryl methyl sites for hydroxylation is 1. The number of hydrogen-bond acceptors (Lipinski definition) is 3. The zero-order valence-electron chi connectivity index (χ0n) is 9.36. The van der Waals surface area contributed by atoms with Crippen LogP contribution in [-0.2, 0) is 0 Å². The lowest BCUT2D eigenvalue weighted by Crippen LogP contribution is -2.38. The summed E-state index contributed by atoms with van der Waals surface area (Å²) in [5, 5.41) is 10.4. The first-order valence-electron chi connectivity index (χ1n) is 5.45. The lowest BCUT2D eigenvalue weighted by molar-refractivity contribution is 0.0935. The van der Waals surface area contributed by atoms with Crippen LogP contribution in [0.25, 0.3) is 0 Å². The molecule has 1 aromatic heterocycles. The average Bonchev–Trinajstić information content (AvgIpc) is 2.81. The van der Waals surface area contributed by atoms with Crippen LogP contribution in [0.4, 0.5) is 5.69 Å². The maximum absolute atomic E-state index is 12.1. The maximum atomic E-state index is 12.1. The fourth-order valence-electron chi connectivity index (χ4n) is 2.09. The lowest BCUT2D eigenvalue weighted by Gasteiger charge is -2.28. The standard InChI is InChI=1S/C13H12N2OS/c1-8-3-2-4-10-11(8)13(16)15-12(14-10)9-5-6-17-7-9/h2-7,12,14H,1H3,(H,15,16). The number of fused-ring (bicyclic) bond motifs is 1. The summed E-state index contributed by atoms with van der Waals surface area (Å²) in [6.45, 7) is 1.95. The van der Waals surface area contributed by atoms with Gasteiger partial charge >= 0.3 is 0 Å². The molecule has 0 saturated heterocycles. The Labute approximate surface area is 103 Å². The molecule has 3 nitrogen and oxygen atoms in total. The van der Waals surface area contributed by atoms with Gasteiger partial charge in [0, 0.05) is 11.3 Å². The molecule has 1 aliphatic heterocycles. The SMILES string of the molecule is Cc1cccc2c1C(=O)NC(c1ccsc1)N2. The molecule has 2 N–H and O–H groups in total. The largest absolute Gasteiger partial charge is 0.361 e. The van der Waals surface area contributed by atoms with Crippen LogP contribution < -0.4 is 10.6 Å². The first-order valence-corrected chi connectivity index (χ1v) is 6.39. The molecule has 4 heteroatoms. The van der Waals surface area contributed by atoms with Crippen molar-refractivity contribution >= 4 is 22.9 Å². The highest BCUT2D eigenvalue weighted by Crippen LogP contribution is 2.29. The van der Waals surface area contributed by atoms with Gasteiger partial charge in [0.25, 0.3) is 5.91 Å².